The molecule has 15 heavy (non-hydrogen) atoms. The Balaban J connectivity index is 2.80. The van der Waals surface area contributed by atoms with E-state index < -0.39 is 5.82 Å². The van der Waals surface area contributed by atoms with Crippen molar-refractivity contribution in [3.63, 3.8) is 0 Å². The van der Waals surface area contributed by atoms with Gasteiger partial charge in [-0.05, 0) is 19.1 Å². The van der Waals surface area contributed by atoms with Crippen molar-refractivity contribution in [1.82, 2.24) is 0 Å². The van der Waals surface area contributed by atoms with E-state index in [2.05, 4.69) is 18.4 Å². The molecule has 1 N–H and O–H groups in total. The van der Waals surface area contributed by atoms with Crippen molar-refractivity contribution >= 4 is 5.76 Å². The predicted molar refractivity (Wildman–Crippen MR) is 57.0 cm³/mol. The first-order valence-electron chi connectivity index (χ1n) is 4.35. The fourth-order valence-corrected chi connectivity index (χ4v) is 1.01. The van der Waals surface area contributed by atoms with Gasteiger partial charge in [-0.25, -0.2) is 4.39 Å². The second-order valence-electron chi connectivity index (χ2n) is 2.80. The van der Waals surface area contributed by atoms with Gasteiger partial charge >= 0.3 is 0 Å². The highest BCUT2D eigenvalue weighted by molar-refractivity contribution is 5.57. The van der Waals surface area contributed by atoms with Crippen LogP contribution in [-0.2, 0) is 0 Å². The van der Waals surface area contributed by atoms with Gasteiger partial charge in [0.15, 0.2) is 0 Å². The molecule has 0 aromatic heterocycles. The van der Waals surface area contributed by atoms with Crippen molar-refractivity contribution in [2.45, 2.75) is 6.92 Å². The molecule has 0 amide bonds. The average molecular weight is 206 g/mol. The van der Waals surface area contributed by atoms with Crippen LogP contribution in [0.4, 0.5) is 4.39 Å². The van der Waals surface area contributed by atoms with E-state index in [1.807, 2.05) is 0 Å². The Morgan fingerprint density at radius 3 is 2.87 bits per heavy atom. The number of benzene rings is 1. The van der Waals surface area contributed by atoms with Crippen molar-refractivity contribution in [1.29, 1.82) is 0 Å². The smallest absolute Gasteiger partial charge is 0.149 e. The molecule has 0 atom stereocenters. The first-order chi connectivity index (χ1) is 7.15. The van der Waals surface area contributed by atoms with E-state index in [1.54, 1.807) is 13.0 Å². The van der Waals surface area contributed by atoms with E-state index in [1.165, 1.54) is 12.1 Å². The van der Waals surface area contributed by atoms with E-state index in [0.29, 0.717) is 5.75 Å². The zero-order valence-electron chi connectivity index (χ0n) is 8.38. The minimum atomic E-state index is -0.565. The highest BCUT2D eigenvalue weighted by Crippen LogP contribution is 2.20. The molecule has 78 valence electrons. The lowest BCUT2D eigenvalue weighted by atomic mass is 10.2. The summed E-state index contributed by atoms with van der Waals surface area (Å²) in [6, 6.07) is 4.15. The van der Waals surface area contributed by atoms with Crippen molar-refractivity contribution in [3.05, 3.63) is 36.2 Å². The van der Waals surface area contributed by atoms with Crippen molar-refractivity contribution in [2.75, 3.05) is 6.61 Å². The van der Waals surface area contributed by atoms with Gasteiger partial charge in [0.05, 0.1) is 5.56 Å². The maximum absolute atomic E-state index is 13.3. The fraction of sp³-hybridized carbons (Fsp3) is 0.167. The van der Waals surface area contributed by atoms with Gasteiger partial charge in [-0.3, -0.25) is 0 Å². The minimum absolute atomic E-state index is 0.0731. The Bertz CT molecular complexity index is 427. The number of hydrogen-bond acceptors (Lipinski definition) is 2. The summed E-state index contributed by atoms with van der Waals surface area (Å²) in [7, 11) is 0. The highest BCUT2D eigenvalue weighted by atomic mass is 19.1. The van der Waals surface area contributed by atoms with Gasteiger partial charge in [-0.2, -0.15) is 0 Å². The molecule has 0 heterocycles. The summed E-state index contributed by atoms with van der Waals surface area (Å²) in [6.07, 6.45) is 0. The summed E-state index contributed by atoms with van der Waals surface area (Å²) < 4.78 is 18.4. The SMILES string of the molecule is C=C(O)c1ccc(OCC#CC)cc1F. The molecule has 0 radical (unpaired) electrons. The lowest BCUT2D eigenvalue weighted by molar-refractivity contribution is 0.367. The summed E-state index contributed by atoms with van der Waals surface area (Å²) in [5.74, 6) is 4.86. The number of ether oxygens (including phenoxy) is 1. The Hall–Kier alpha value is -1.95. The van der Waals surface area contributed by atoms with Crippen LogP contribution in [0.15, 0.2) is 24.8 Å². The first-order valence-corrected chi connectivity index (χ1v) is 4.35. The number of aliphatic hydroxyl groups is 1. The van der Waals surface area contributed by atoms with E-state index in [4.69, 9.17) is 9.84 Å². The van der Waals surface area contributed by atoms with Gasteiger partial charge in [0.25, 0.3) is 0 Å². The van der Waals surface area contributed by atoms with Gasteiger partial charge in [0.2, 0.25) is 0 Å². The van der Waals surface area contributed by atoms with E-state index in [9.17, 15) is 4.39 Å². The second-order valence-corrected chi connectivity index (χ2v) is 2.80. The summed E-state index contributed by atoms with van der Waals surface area (Å²) in [5, 5.41) is 9.01. The molecular weight excluding hydrogens is 195 g/mol. The molecule has 1 aromatic carbocycles. The second kappa shape index (κ2) is 5.06. The van der Waals surface area contributed by atoms with E-state index in [0.717, 1.165) is 0 Å². The molecule has 2 nitrogen and oxygen atoms in total. The van der Waals surface area contributed by atoms with Gasteiger partial charge in [-0.1, -0.05) is 12.5 Å². The molecule has 3 heteroatoms. The minimum Gasteiger partial charge on any atom is -0.508 e. The Morgan fingerprint density at radius 1 is 1.60 bits per heavy atom. The van der Waals surface area contributed by atoms with Crippen LogP contribution in [0.2, 0.25) is 0 Å². The topological polar surface area (TPSA) is 29.5 Å². The highest BCUT2D eigenvalue weighted by Gasteiger charge is 2.05. The molecule has 0 bridgehead atoms. The van der Waals surface area contributed by atoms with Crippen LogP contribution in [0, 0.1) is 17.7 Å². The summed E-state index contributed by atoms with van der Waals surface area (Å²) >= 11 is 0. The molecule has 0 saturated heterocycles. The molecule has 0 aliphatic carbocycles. The number of hydrogen-bond donors (Lipinski definition) is 1. The largest absolute Gasteiger partial charge is 0.508 e. The van der Waals surface area contributed by atoms with Crippen molar-refractivity contribution in [2.24, 2.45) is 0 Å². The maximum atomic E-state index is 13.3. The quantitative estimate of drug-likeness (QED) is 0.608. The Morgan fingerprint density at radius 2 is 2.33 bits per heavy atom. The van der Waals surface area contributed by atoms with Crippen LogP contribution in [-0.4, -0.2) is 11.7 Å². The third kappa shape index (κ3) is 3.03. The van der Waals surface area contributed by atoms with Crippen LogP contribution in [0.5, 0.6) is 5.75 Å². The molecule has 1 aromatic rings. The number of aliphatic hydroxyl groups excluding tert-OH is 1. The fourth-order valence-electron chi connectivity index (χ4n) is 1.01. The van der Waals surface area contributed by atoms with E-state index in [-0.39, 0.29) is 17.9 Å². The number of rotatable bonds is 3. The van der Waals surface area contributed by atoms with Gasteiger partial charge < -0.3 is 9.84 Å². The molecule has 1 rings (SSSR count). The maximum Gasteiger partial charge on any atom is 0.149 e. The van der Waals surface area contributed by atoms with Crippen LogP contribution in [0.25, 0.3) is 5.76 Å². The zero-order valence-corrected chi connectivity index (χ0v) is 8.38. The lowest BCUT2D eigenvalue weighted by Crippen LogP contribution is -1.96. The van der Waals surface area contributed by atoms with Crippen molar-refractivity contribution < 1.29 is 14.2 Å². The van der Waals surface area contributed by atoms with Crippen LogP contribution >= 0.6 is 0 Å². The molecular formula is C12H11FO2. The molecule has 0 aliphatic rings. The lowest BCUT2D eigenvalue weighted by Gasteiger charge is -2.05. The number of halogens is 1. The van der Waals surface area contributed by atoms with Crippen molar-refractivity contribution in [3.8, 4) is 17.6 Å². The van der Waals surface area contributed by atoms with E-state index >= 15 is 0 Å². The summed E-state index contributed by atoms with van der Waals surface area (Å²) in [6.45, 7) is 5.16. The summed E-state index contributed by atoms with van der Waals surface area (Å²) in [4.78, 5) is 0. The van der Waals surface area contributed by atoms with Crippen LogP contribution < -0.4 is 4.74 Å². The standard InChI is InChI=1S/C12H11FO2/c1-3-4-7-15-10-5-6-11(9(2)14)12(13)8-10/h5-6,8,14H,2,7H2,1H3. The molecule has 0 fully saturated rings. The molecule has 0 spiro atoms. The third-order valence-electron chi connectivity index (χ3n) is 1.74. The third-order valence-corrected chi connectivity index (χ3v) is 1.74. The Labute approximate surface area is 88.0 Å². The first kappa shape index (κ1) is 11.1. The van der Waals surface area contributed by atoms with Gasteiger partial charge in [0, 0.05) is 6.07 Å². The Kier molecular flexibility index (Phi) is 3.75. The monoisotopic (exact) mass is 206 g/mol. The van der Waals surface area contributed by atoms with Crippen LogP contribution in [0.3, 0.4) is 0 Å². The predicted octanol–water partition coefficient (Wildman–Crippen LogP) is 2.76. The molecule has 0 aliphatic heterocycles. The average Bonchev–Trinajstić information content (AvgIpc) is 2.17. The molecule has 0 saturated carbocycles. The van der Waals surface area contributed by atoms with Gasteiger partial charge in [-0.15, -0.1) is 5.92 Å². The van der Waals surface area contributed by atoms with Crippen LogP contribution in [0.1, 0.15) is 12.5 Å². The molecule has 0 unspecified atom stereocenters. The normalized spacial score (nSPS) is 8.93. The summed E-state index contributed by atoms with van der Waals surface area (Å²) in [5.41, 5.74) is 0.0731. The van der Waals surface area contributed by atoms with Gasteiger partial charge in [0.1, 0.15) is 23.9 Å². The zero-order chi connectivity index (χ0) is 11.3.